The molecule has 3 rings (SSSR count). The summed E-state index contributed by atoms with van der Waals surface area (Å²) in [6.45, 7) is 8.16. The number of nitrogens with one attached hydrogen (secondary N) is 1. The van der Waals surface area contributed by atoms with Crippen LogP contribution in [0, 0.1) is 13.8 Å². The third kappa shape index (κ3) is 4.26. The Morgan fingerprint density at radius 2 is 2.04 bits per heavy atom. The fourth-order valence-electron chi connectivity index (χ4n) is 3.79. The molecule has 2 aromatic rings. The molecule has 154 valence electrons. The molecule has 10 heteroatoms. The second-order valence-corrected chi connectivity index (χ2v) is 7.13. The number of likely N-dealkylation sites (tertiary alicyclic amines) is 1. The lowest BCUT2D eigenvalue weighted by atomic mass is 10.1. The van der Waals surface area contributed by atoms with E-state index in [2.05, 4.69) is 32.2 Å². The molecule has 0 aliphatic carbocycles. The van der Waals surface area contributed by atoms with Crippen molar-refractivity contribution in [1.82, 2.24) is 29.8 Å². The monoisotopic (exact) mass is 398 g/mol. The highest BCUT2D eigenvalue weighted by molar-refractivity contribution is 5.76. The fourth-order valence-corrected chi connectivity index (χ4v) is 3.79. The van der Waals surface area contributed by atoms with Gasteiger partial charge < -0.3 is 5.32 Å². The van der Waals surface area contributed by atoms with E-state index in [1.807, 2.05) is 0 Å². The average molecular weight is 398 g/mol. The lowest BCUT2D eigenvalue weighted by Gasteiger charge is -2.22. The minimum absolute atomic E-state index is 0.0728. The number of hydrogen-bond acceptors (Lipinski definition) is 5. The van der Waals surface area contributed by atoms with Gasteiger partial charge in [0.25, 0.3) is 11.6 Å². The molecule has 1 amide bonds. The Balaban J connectivity index is 1.66. The van der Waals surface area contributed by atoms with Crippen LogP contribution in [0.15, 0.2) is 0 Å². The molecule has 28 heavy (non-hydrogen) atoms. The molecule has 1 unspecified atom stereocenters. The third-order valence-corrected chi connectivity index (χ3v) is 5.34. The molecule has 2 aromatic heterocycles. The van der Waals surface area contributed by atoms with Crippen LogP contribution in [0.3, 0.4) is 0 Å². The first-order valence-corrected chi connectivity index (χ1v) is 9.51. The van der Waals surface area contributed by atoms with Gasteiger partial charge in [-0.1, -0.05) is 6.92 Å². The first kappa shape index (κ1) is 20.5. The van der Waals surface area contributed by atoms with Gasteiger partial charge in [0.15, 0.2) is 0 Å². The van der Waals surface area contributed by atoms with Crippen LogP contribution in [0.2, 0.25) is 0 Å². The first-order chi connectivity index (χ1) is 13.2. The van der Waals surface area contributed by atoms with E-state index in [-0.39, 0.29) is 18.1 Å². The standard InChI is InChI=1S/C18H25F3N6O/c1-4-26-9-5-6-13(26)10-22-15(28)8-7-14-11(2)23-17-24-16(18(19,20)21)25-27(17)12(14)3/h13H,4-10H2,1-3H3,(H,22,28). The van der Waals surface area contributed by atoms with Crippen molar-refractivity contribution in [2.45, 2.75) is 58.7 Å². The van der Waals surface area contributed by atoms with Crippen LogP contribution in [0.5, 0.6) is 0 Å². The molecule has 3 heterocycles. The number of likely N-dealkylation sites (N-methyl/N-ethyl adjacent to an activating group) is 1. The number of aryl methyl sites for hydroxylation is 2. The molecule has 1 atom stereocenters. The van der Waals surface area contributed by atoms with Crippen molar-refractivity contribution in [3.05, 3.63) is 22.8 Å². The van der Waals surface area contributed by atoms with E-state index in [0.29, 0.717) is 30.4 Å². The van der Waals surface area contributed by atoms with Gasteiger partial charge in [-0.15, -0.1) is 5.10 Å². The smallest absolute Gasteiger partial charge is 0.355 e. The number of alkyl halides is 3. The number of carbonyl (C=O) groups is 1. The zero-order chi connectivity index (χ0) is 20.5. The number of rotatable bonds is 6. The van der Waals surface area contributed by atoms with E-state index in [1.165, 1.54) is 0 Å². The van der Waals surface area contributed by atoms with Crippen LogP contribution >= 0.6 is 0 Å². The highest BCUT2D eigenvalue weighted by atomic mass is 19.4. The van der Waals surface area contributed by atoms with Gasteiger partial charge in [0, 0.05) is 30.4 Å². The summed E-state index contributed by atoms with van der Waals surface area (Å²) in [5, 5.41) is 6.51. The second kappa shape index (κ2) is 8.02. The van der Waals surface area contributed by atoms with Gasteiger partial charge >= 0.3 is 6.18 Å². The Labute approximate surface area is 161 Å². The summed E-state index contributed by atoms with van der Waals surface area (Å²) in [7, 11) is 0. The maximum atomic E-state index is 12.9. The Morgan fingerprint density at radius 3 is 2.71 bits per heavy atom. The van der Waals surface area contributed by atoms with E-state index >= 15 is 0 Å². The molecule has 0 saturated carbocycles. The minimum atomic E-state index is -4.62. The minimum Gasteiger partial charge on any atom is -0.355 e. The molecular weight excluding hydrogens is 373 g/mol. The molecule has 0 aromatic carbocycles. The van der Waals surface area contributed by atoms with Crippen LogP contribution in [0.1, 0.15) is 49.0 Å². The number of carbonyl (C=O) groups excluding carboxylic acids is 1. The van der Waals surface area contributed by atoms with Crippen molar-refractivity contribution in [1.29, 1.82) is 0 Å². The maximum Gasteiger partial charge on any atom is 0.453 e. The predicted octanol–water partition coefficient (Wildman–Crippen LogP) is 2.29. The summed E-state index contributed by atoms with van der Waals surface area (Å²) in [4.78, 5) is 22.2. The van der Waals surface area contributed by atoms with Crippen LogP contribution in [0.25, 0.3) is 5.78 Å². The van der Waals surface area contributed by atoms with Crippen molar-refractivity contribution in [2.75, 3.05) is 19.6 Å². The molecule has 1 saturated heterocycles. The zero-order valence-electron chi connectivity index (χ0n) is 16.3. The number of hydrogen-bond donors (Lipinski definition) is 1. The van der Waals surface area contributed by atoms with E-state index in [4.69, 9.17) is 0 Å². The second-order valence-electron chi connectivity index (χ2n) is 7.13. The molecule has 1 fully saturated rings. The topological polar surface area (TPSA) is 75.4 Å². The first-order valence-electron chi connectivity index (χ1n) is 9.51. The van der Waals surface area contributed by atoms with Gasteiger partial charge in [-0.05, 0) is 51.8 Å². The average Bonchev–Trinajstić information content (AvgIpc) is 3.25. The number of halogens is 3. The Bertz CT molecular complexity index is 863. The summed E-state index contributed by atoms with van der Waals surface area (Å²) in [5.74, 6) is -1.37. The van der Waals surface area contributed by atoms with Crippen molar-refractivity contribution in [2.24, 2.45) is 0 Å². The molecule has 7 nitrogen and oxygen atoms in total. The summed E-state index contributed by atoms with van der Waals surface area (Å²) in [6.07, 6.45) is -1.76. The lowest BCUT2D eigenvalue weighted by Crippen LogP contribution is -2.40. The van der Waals surface area contributed by atoms with E-state index < -0.39 is 12.0 Å². The van der Waals surface area contributed by atoms with Crippen molar-refractivity contribution in [3.8, 4) is 0 Å². The molecular formula is C18H25F3N6O. The largest absolute Gasteiger partial charge is 0.453 e. The number of fused-ring (bicyclic) bond motifs is 1. The zero-order valence-corrected chi connectivity index (χ0v) is 16.3. The third-order valence-electron chi connectivity index (χ3n) is 5.34. The van der Waals surface area contributed by atoms with Gasteiger partial charge in [0.2, 0.25) is 5.91 Å². The summed E-state index contributed by atoms with van der Waals surface area (Å²) >= 11 is 0. The quantitative estimate of drug-likeness (QED) is 0.808. The summed E-state index contributed by atoms with van der Waals surface area (Å²) in [6, 6.07) is 0.381. The van der Waals surface area contributed by atoms with Gasteiger partial charge in [0.05, 0.1) is 0 Å². The van der Waals surface area contributed by atoms with E-state index in [9.17, 15) is 18.0 Å². The Hall–Kier alpha value is -2.23. The highest BCUT2D eigenvalue weighted by Crippen LogP contribution is 2.27. The molecule has 1 N–H and O–H groups in total. The number of amides is 1. The van der Waals surface area contributed by atoms with Crippen LogP contribution in [0.4, 0.5) is 13.2 Å². The predicted molar refractivity (Wildman–Crippen MR) is 96.9 cm³/mol. The molecule has 0 bridgehead atoms. The summed E-state index contributed by atoms with van der Waals surface area (Å²) in [5.41, 5.74) is 1.80. The fraction of sp³-hybridized carbons (Fsp3) is 0.667. The lowest BCUT2D eigenvalue weighted by molar-refractivity contribution is -0.144. The molecule has 0 spiro atoms. The normalized spacial score (nSPS) is 18.1. The summed E-state index contributed by atoms with van der Waals surface area (Å²) < 4.78 is 39.7. The number of nitrogens with zero attached hydrogens (tertiary/aromatic N) is 5. The molecule has 1 aliphatic rings. The molecule has 0 radical (unpaired) electrons. The van der Waals surface area contributed by atoms with E-state index in [0.717, 1.165) is 36.0 Å². The Morgan fingerprint density at radius 1 is 1.29 bits per heavy atom. The van der Waals surface area contributed by atoms with Crippen molar-refractivity contribution < 1.29 is 18.0 Å². The Kier molecular flexibility index (Phi) is 5.87. The van der Waals surface area contributed by atoms with Crippen LogP contribution < -0.4 is 5.32 Å². The van der Waals surface area contributed by atoms with Crippen molar-refractivity contribution >= 4 is 11.7 Å². The van der Waals surface area contributed by atoms with Gasteiger partial charge in [0.1, 0.15) is 0 Å². The van der Waals surface area contributed by atoms with E-state index in [1.54, 1.807) is 13.8 Å². The van der Waals surface area contributed by atoms with Gasteiger partial charge in [-0.2, -0.15) is 18.2 Å². The SMILES string of the molecule is CCN1CCCC1CNC(=O)CCc1c(C)nc2nc(C(F)(F)F)nn2c1C. The van der Waals surface area contributed by atoms with Gasteiger partial charge in [-0.25, -0.2) is 9.50 Å². The van der Waals surface area contributed by atoms with Crippen LogP contribution in [-0.4, -0.2) is 56.1 Å². The van der Waals surface area contributed by atoms with Crippen molar-refractivity contribution in [3.63, 3.8) is 0 Å². The maximum absolute atomic E-state index is 12.9. The van der Waals surface area contributed by atoms with Gasteiger partial charge in [-0.3, -0.25) is 9.69 Å². The van der Waals surface area contributed by atoms with Crippen LogP contribution in [-0.2, 0) is 17.4 Å². The molecule has 1 aliphatic heterocycles. The highest BCUT2D eigenvalue weighted by Gasteiger charge is 2.37. The number of aromatic nitrogens is 4.